The molecule has 0 radical (unpaired) electrons. The van der Waals surface area contributed by atoms with Gasteiger partial charge in [0, 0.05) is 12.5 Å². The van der Waals surface area contributed by atoms with Crippen molar-refractivity contribution in [3.05, 3.63) is 53.5 Å². The van der Waals surface area contributed by atoms with Gasteiger partial charge in [0.15, 0.2) is 5.82 Å². The zero-order valence-electron chi connectivity index (χ0n) is 13.6. The summed E-state index contributed by atoms with van der Waals surface area (Å²) in [6.07, 6.45) is 4.88. The summed E-state index contributed by atoms with van der Waals surface area (Å²) in [5.74, 6) is 2.14. The summed E-state index contributed by atoms with van der Waals surface area (Å²) < 4.78 is 5.70. The van der Waals surface area contributed by atoms with Crippen molar-refractivity contribution in [2.24, 2.45) is 0 Å². The van der Waals surface area contributed by atoms with Crippen molar-refractivity contribution in [2.75, 3.05) is 24.7 Å². The molecule has 2 aromatic rings. The molecule has 24 heavy (non-hydrogen) atoms. The molecule has 0 N–H and O–H groups in total. The average Bonchev–Trinajstić information content (AvgIpc) is 3.48. The Balaban J connectivity index is 1.64. The van der Waals surface area contributed by atoms with Crippen molar-refractivity contribution in [1.29, 1.82) is 5.26 Å². The molecule has 5 heteroatoms. The normalized spacial score (nSPS) is 20.6. The summed E-state index contributed by atoms with van der Waals surface area (Å²) in [5, 5.41) is 9.48. The summed E-state index contributed by atoms with van der Waals surface area (Å²) in [5.41, 5.74) is 1.83. The molecule has 2 aliphatic rings. The average molecular weight is 320 g/mol. The van der Waals surface area contributed by atoms with E-state index in [1.807, 2.05) is 6.07 Å². The summed E-state index contributed by atoms with van der Waals surface area (Å²) in [6.45, 7) is 2.08. The Morgan fingerprint density at radius 1 is 1.25 bits per heavy atom. The number of nitriles is 1. The number of morpholine rings is 1. The van der Waals surface area contributed by atoms with Crippen molar-refractivity contribution in [1.82, 2.24) is 9.97 Å². The molecule has 1 unspecified atom stereocenters. The molecule has 0 spiro atoms. The van der Waals surface area contributed by atoms with Crippen LogP contribution in [-0.2, 0) is 11.2 Å². The van der Waals surface area contributed by atoms with Crippen molar-refractivity contribution in [3.63, 3.8) is 0 Å². The van der Waals surface area contributed by atoms with Crippen LogP contribution in [0.3, 0.4) is 0 Å². The van der Waals surface area contributed by atoms with E-state index in [0.29, 0.717) is 24.7 Å². The second-order valence-corrected chi connectivity index (χ2v) is 6.46. The topological polar surface area (TPSA) is 62.0 Å². The second-order valence-electron chi connectivity index (χ2n) is 6.46. The first-order valence-electron chi connectivity index (χ1n) is 8.50. The van der Waals surface area contributed by atoms with Crippen LogP contribution in [0.2, 0.25) is 0 Å². The van der Waals surface area contributed by atoms with Gasteiger partial charge >= 0.3 is 0 Å². The summed E-state index contributed by atoms with van der Waals surface area (Å²) in [7, 11) is 0. The monoisotopic (exact) mass is 320 g/mol. The fraction of sp³-hybridized carbons (Fsp3) is 0.421. The first-order chi connectivity index (χ1) is 11.8. The maximum atomic E-state index is 9.48. The molecule has 0 amide bonds. The molecule has 1 aromatic heterocycles. The van der Waals surface area contributed by atoms with Crippen LogP contribution < -0.4 is 4.90 Å². The Hall–Kier alpha value is -2.45. The van der Waals surface area contributed by atoms with E-state index in [1.165, 1.54) is 5.56 Å². The van der Waals surface area contributed by atoms with Crippen LogP contribution >= 0.6 is 0 Å². The molecule has 1 aromatic carbocycles. The Labute approximate surface area is 141 Å². The van der Waals surface area contributed by atoms with E-state index in [0.717, 1.165) is 37.4 Å². The molecule has 5 nitrogen and oxygen atoms in total. The van der Waals surface area contributed by atoms with Crippen LogP contribution in [0.25, 0.3) is 0 Å². The standard InChI is InChI=1S/C19H20N4O/c20-11-16-12-21-18(15-6-7-15)22-19(16)23-8-9-24-13-17(23)10-14-4-2-1-3-5-14/h1-5,12,15,17H,6-10,13H2. The molecule has 1 aliphatic carbocycles. The number of hydrogen-bond donors (Lipinski definition) is 0. The third-order valence-corrected chi connectivity index (χ3v) is 4.66. The molecular weight excluding hydrogens is 300 g/mol. The summed E-state index contributed by atoms with van der Waals surface area (Å²) in [4.78, 5) is 11.4. The molecule has 1 aliphatic heterocycles. The van der Waals surface area contributed by atoms with Gasteiger partial charge in [-0.1, -0.05) is 30.3 Å². The highest BCUT2D eigenvalue weighted by atomic mass is 16.5. The van der Waals surface area contributed by atoms with E-state index >= 15 is 0 Å². The third-order valence-electron chi connectivity index (χ3n) is 4.66. The first-order valence-corrected chi connectivity index (χ1v) is 8.50. The highest BCUT2D eigenvalue weighted by molar-refractivity contribution is 5.54. The highest BCUT2D eigenvalue weighted by Gasteiger charge is 2.31. The van der Waals surface area contributed by atoms with Gasteiger partial charge < -0.3 is 9.64 Å². The molecule has 1 saturated carbocycles. The van der Waals surface area contributed by atoms with Crippen LogP contribution in [0.1, 0.15) is 35.7 Å². The quantitative estimate of drug-likeness (QED) is 0.867. The summed E-state index contributed by atoms with van der Waals surface area (Å²) >= 11 is 0. The number of hydrogen-bond acceptors (Lipinski definition) is 5. The molecule has 1 atom stereocenters. The maximum absolute atomic E-state index is 9.48. The van der Waals surface area contributed by atoms with Crippen molar-refractivity contribution in [2.45, 2.75) is 31.2 Å². The zero-order valence-corrected chi connectivity index (χ0v) is 13.6. The number of ether oxygens (including phenoxy) is 1. The number of anilines is 1. The minimum Gasteiger partial charge on any atom is -0.377 e. The first kappa shape index (κ1) is 15.1. The van der Waals surface area contributed by atoms with E-state index in [9.17, 15) is 5.26 Å². The van der Waals surface area contributed by atoms with E-state index in [4.69, 9.17) is 9.72 Å². The van der Waals surface area contributed by atoms with Gasteiger partial charge in [-0.3, -0.25) is 0 Å². The number of nitrogens with zero attached hydrogens (tertiary/aromatic N) is 4. The van der Waals surface area contributed by atoms with Gasteiger partial charge in [0.25, 0.3) is 0 Å². The Kier molecular flexibility index (Phi) is 4.14. The van der Waals surface area contributed by atoms with Crippen molar-refractivity contribution < 1.29 is 4.74 Å². The predicted molar refractivity (Wildman–Crippen MR) is 90.8 cm³/mol. The fourth-order valence-electron chi connectivity index (χ4n) is 3.21. The largest absolute Gasteiger partial charge is 0.377 e. The molecule has 2 fully saturated rings. The minimum absolute atomic E-state index is 0.190. The Morgan fingerprint density at radius 3 is 2.83 bits per heavy atom. The van der Waals surface area contributed by atoms with Gasteiger partial charge in [-0.05, 0) is 24.8 Å². The lowest BCUT2D eigenvalue weighted by Gasteiger charge is -2.37. The lowest BCUT2D eigenvalue weighted by Crippen LogP contribution is -2.47. The van der Waals surface area contributed by atoms with Gasteiger partial charge in [-0.2, -0.15) is 5.26 Å². The van der Waals surface area contributed by atoms with Gasteiger partial charge in [0.05, 0.1) is 25.5 Å². The van der Waals surface area contributed by atoms with Gasteiger partial charge in [-0.15, -0.1) is 0 Å². The fourth-order valence-corrected chi connectivity index (χ4v) is 3.21. The molecular formula is C19H20N4O. The minimum atomic E-state index is 0.190. The second kappa shape index (κ2) is 6.58. The maximum Gasteiger partial charge on any atom is 0.150 e. The molecule has 122 valence electrons. The van der Waals surface area contributed by atoms with E-state index in [-0.39, 0.29) is 6.04 Å². The lowest BCUT2D eigenvalue weighted by molar-refractivity contribution is 0.0936. The predicted octanol–water partition coefficient (Wildman–Crippen LogP) is 2.67. The highest BCUT2D eigenvalue weighted by Crippen LogP contribution is 2.39. The van der Waals surface area contributed by atoms with Crippen LogP contribution in [-0.4, -0.2) is 35.8 Å². The number of aromatic nitrogens is 2. The number of rotatable bonds is 4. The Morgan fingerprint density at radius 2 is 2.08 bits per heavy atom. The lowest BCUT2D eigenvalue weighted by atomic mass is 10.0. The molecule has 1 saturated heterocycles. The molecule has 2 heterocycles. The zero-order chi connectivity index (χ0) is 16.4. The van der Waals surface area contributed by atoms with E-state index < -0.39 is 0 Å². The third kappa shape index (κ3) is 3.10. The van der Waals surface area contributed by atoms with E-state index in [2.05, 4.69) is 40.2 Å². The van der Waals surface area contributed by atoms with Crippen LogP contribution in [0.15, 0.2) is 36.5 Å². The van der Waals surface area contributed by atoms with Gasteiger partial charge in [-0.25, -0.2) is 9.97 Å². The van der Waals surface area contributed by atoms with Crippen LogP contribution in [0.5, 0.6) is 0 Å². The van der Waals surface area contributed by atoms with Crippen LogP contribution in [0.4, 0.5) is 5.82 Å². The SMILES string of the molecule is N#Cc1cnc(C2CC2)nc1N1CCOCC1Cc1ccccc1. The molecule has 0 bridgehead atoms. The Bertz CT molecular complexity index is 752. The van der Waals surface area contributed by atoms with Crippen LogP contribution in [0, 0.1) is 11.3 Å². The van der Waals surface area contributed by atoms with E-state index in [1.54, 1.807) is 6.20 Å². The van der Waals surface area contributed by atoms with Crippen molar-refractivity contribution in [3.8, 4) is 6.07 Å². The number of benzene rings is 1. The summed E-state index contributed by atoms with van der Waals surface area (Å²) in [6, 6.07) is 12.8. The van der Waals surface area contributed by atoms with Gasteiger partial charge in [0.2, 0.25) is 0 Å². The van der Waals surface area contributed by atoms with Crippen molar-refractivity contribution >= 4 is 5.82 Å². The van der Waals surface area contributed by atoms with Gasteiger partial charge in [0.1, 0.15) is 17.5 Å². The smallest absolute Gasteiger partial charge is 0.150 e. The molecule has 4 rings (SSSR count).